The summed E-state index contributed by atoms with van der Waals surface area (Å²) in [5.41, 5.74) is 0. The fourth-order valence-electron chi connectivity index (χ4n) is 1.23. The van der Waals surface area contributed by atoms with Gasteiger partial charge in [0.25, 0.3) is 0 Å². The van der Waals surface area contributed by atoms with Crippen LogP contribution in [0.5, 0.6) is 0 Å². The van der Waals surface area contributed by atoms with Crippen molar-refractivity contribution in [2.75, 3.05) is 6.61 Å². The van der Waals surface area contributed by atoms with Crippen LogP contribution >= 0.6 is 0 Å². The standard InChI is InChI=1S/C8H15BF3O2/c1-3-5-7(9(10,11)12)6-8(13)14-4-2/h7H,3-6H2,1-2H3/q-1. The summed E-state index contributed by atoms with van der Waals surface area (Å²) in [6.45, 7) is -1.56. The van der Waals surface area contributed by atoms with Gasteiger partial charge in [-0.25, -0.2) is 0 Å². The first kappa shape index (κ1) is 13.3. The van der Waals surface area contributed by atoms with Crippen molar-refractivity contribution in [3.05, 3.63) is 0 Å². The summed E-state index contributed by atoms with van der Waals surface area (Å²) in [5, 5.41) is 0. The van der Waals surface area contributed by atoms with Crippen molar-refractivity contribution >= 4 is 12.9 Å². The lowest BCUT2D eigenvalue weighted by molar-refractivity contribution is -0.143. The second-order valence-electron chi connectivity index (χ2n) is 3.18. The van der Waals surface area contributed by atoms with Crippen molar-refractivity contribution in [1.82, 2.24) is 0 Å². The minimum atomic E-state index is -4.93. The summed E-state index contributed by atoms with van der Waals surface area (Å²) in [7, 11) is 0. The third kappa shape index (κ3) is 5.14. The first-order valence-electron chi connectivity index (χ1n) is 4.77. The SMILES string of the molecule is CCCC(CC(=O)OCC)[B-](F)(F)F. The third-order valence-electron chi connectivity index (χ3n) is 1.93. The van der Waals surface area contributed by atoms with E-state index in [4.69, 9.17) is 0 Å². The maximum absolute atomic E-state index is 12.4. The first-order valence-corrected chi connectivity index (χ1v) is 4.77. The molecular weight excluding hydrogens is 196 g/mol. The molecule has 0 aliphatic rings. The predicted octanol–water partition coefficient (Wildman–Crippen LogP) is 2.96. The summed E-state index contributed by atoms with van der Waals surface area (Å²) in [5.74, 6) is -2.26. The number of ether oxygens (including phenoxy) is 1. The van der Waals surface area contributed by atoms with Gasteiger partial charge >= 0.3 is 12.9 Å². The molecular formula is C8H15BF3O2-. The van der Waals surface area contributed by atoms with Crippen molar-refractivity contribution in [2.24, 2.45) is 0 Å². The molecule has 0 aliphatic heterocycles. The summed E-state index contributed by atoms with van der Waals surface area (Å²) in [6, 6.07) is 0. The van der Waals surface area contributed by atoms with E-state index in [0.29, 0.717) is 6.42 Å². The van der Waals surface area contributed by atoms with Crippen LogP contribution in [-0.4, -0.2) is 19.6 Å². The Balaban J connectivity index is 4.16. The normalized spacial score (nSPS) is 13.8. The number of esters is 1. The van der Waals surface area contributed by atoms with Gasteiger partial charge in [0, 0.05) is 6.42 Å². The molecule has 0 amide bonds. The van der Waals surface area contributed by atoms with Gasteiger partial charge in [0.2, 0.25) is 0 Å². The van der Waals surface area contributed by atoms with Gasteiger partial charge in [0.1, 0.15) is 0 Å². The quantitative estimate of drug-likeness (QED) is 0.498. The fraction of sp³-hybridized carbons (Fsp3) is 0.875. The molecule has 0 rings (SSSR count). The number of carbonyl (C=O) groups excluding carboxylic acids is 1. The highest BCUT2D eigenvalue weighted by atomic mass is 19.4. The lowest BCUT2D eigenvalue weighted by Crippen LogP contribution is -2.27. The minimum absolute atomic E-state index is 0.00230. The van der Waals surface area contributed by atoms with Crippen LogP contribution in [0.2, 0.25) is 5.82 Å². The van der Waals surface area contributed by atoms with E-state index < -0.39 is 25.2 Å². The molecule has 0 aliphatic carbocycles. The van der Waals surface area contributed by atoms with Crippen LogP contribution in [-0.2, 0) is 9.53 Å². The Morgan fingerprint density at radius 1 is 1.36 bits per heavy atom. The molecule has 84 valence electrons. The van der Waals surface area contributed by atoms with Crippen molar-refractivity contribution in [2.45, 2.75) is 38.9 Å². The zero-order valence-electron chi connectivity index (χ0n) is 8.43. The van der Waals surface area contributed by atoms with Gasteiger partial charge in [-0.1, -0.05) is 25.6 Å². The van der Waals surface area contributed by atoms with Crippen LogP contribution in [0, 0.1) is 0 Å². The summed E-state index contributed by atoms with van der Waals surface area (Å²) in [6.07, 6.45) is -0.112. The molecule has 0 aromatic heterocycles. The highest BCUT2D eigenvalue weighted by Crippen LogP contribution is 2.33. The van der Waals surface area contributed by atoms with Gasteiger partial charge in [-0.2, -0.15) is 0 Å². The Morgan fingerprint density at radius 2 is 1.93 bits per heavy atom. The Kier molecular flexibility index (Phi) is 5.65. The van der Waals surface area contributed by atoms with Gasteiger partial charge < -0.3 is 17.7 Å². The average molecular weight is 211 g/mol. The molecule has 0 heterocycles. The molecule has 0 bridgehead atoms. The van der Waals surface area contributed by atoms with Gasteiger partial charge in [0.05, 0.1) is 6.61 Å². The molecule has 0 aromatic rings. The summed E-state index contributed by atoms with van der Waals surface area (Å²) >= 11 is 0. The largest absolute Gasteiger partial charge is 0.481 e. The van der Waals surface area contributed by atoms with E-state index in [1.165, 1.54) is 0 Å². The lowest BCUT2D eigenvalue weighted by atomic mass is 9.68. The molecule has 0 spiro atoms. The highest BCUT2D eigenvalue weighted by molar-refractivity contribution is 6.60. The molecule has 0 aromatic carbocycles. The molecule has 0 radical (unpaired) electrons. The molecule has 1 unspecified atom stereocenters. The Labute approximate surface area is 81.9 Å². The van der Waals surface area contributed by atoms with Crippen molar-refractivity contribution in [3.8, 4) is 0 Å². The third-order valence-corrected chi connectivity index (χ3v) is 1.93. The molecule has 14 heavy (non-hydrogen) atoms. The minimum Gasteiger partial charge on any atom is -0.466 e. The highest BCUT2D eigenvalue weighted by Gasteiger charge is 2.35. The zero-order valence-corrected chi connectivity index (χ0v) is 8.43. The van der Waals surface area contributed by atoms with E-state index in [1.807, 2.05) is 0 Å². The maximum Gasteiger partial charge on any atom is 0.481 e. The topological polar surface area (TPSA) is 26.3 Å². The Hall–Kier alpha value is -0.675. The van der Waals surface area contributed by atoms with Crippen LogP contribution in [0.25, 0.3) is 0 Å². The average Bonchev–Trinajstić information content (AvgIpc) is 2.02. The van der Waals surface area contributed by atoms with E-state index in [1.54, 1.807) is 13.8 Å². The lowest BCUT2D eigenvalue weighted by Gasteiger charge is -2.25. The van der Waals surface area contributed by atoms with Crippen LogP contribution in [0.15, 0.2) is 0 Å². The molecule has 0 saturated carbocycles. The smallest absolute Gasteiger partial charge is 0.466 e. The number of hydrogen-bond donors (Lipinski definition) is 0. The van der Waals surface area contributed by atoms with Crippen molar-refractivity contribution < 1.29 is 22.5 Å². The molecule has 0 N–H and O–H groups in total. The van der Waals surface area contributed by atoms with Crippen molar-refractivity contribution in [3.63, 3.8) is 0 Å². The summed E-state index contributed by atoms with van der Waals surface area (Å²) < 4.78 is 41.6. The molecule has 2 nitrogen and oxygen atoms in total. The second kappa shape index (κ2) is 5.93. The Morgan fingerprint density at radius 3 is 2.29 bits per heavy atom. The number of rotatable bonds is 6. The molecule has 0 saturated heterocycles. The number of hydrogen-bond acceptors (Lipinski definition) is 2. The van der Waals surface area contributed by atoms with Crippen LogP contribution in [0.1, 0.15) is 33.1 Å². The van der Waals surface area contributed by atoms with Gasteiger partial charge in [0.15, 0.2) is 0 Å². The zero-order chi connectivity index (χ0) is 11.2. The monoisotopic (exact) mass is 211 g/mol. The second-order valence-corrected chi connectivity index (χ2v) is 3.18. The molecule has 0 fully saturated rings. The van der Waals surface area contributed by atoms with Gasteiger partial charge in [-0.15, -0.1) is 0 Å². The van der Waals surface area contributed by atoms with Crippen LogP contribution in [0.3, 0.4) is 0 Å². The predicted molar refractivity (Wildman–Crippen MR) is 49.0 cm³/mol. The number of carbonyl (C=O) groups is 1. The number of halogens is 3. The molecule has 1 atom stereocenters. The van der Waals surface area contributed by atoms with E-state index >= 15 is 0 Å². The van der Waals surface area contributed by atoms with Crippen LogP contribution < -0.4 is 0 Å². The molecule has 6 heteroatoms. The maximum atomic E-state index is 12.4. The first-order chi connectivity index (χ1) is 6.41. The van der Waals surface area contributed by atoms with Crippen LogP contribution in [0.4, 0.5) is 12.9 Å². The Bertz CT molecular complexity index is 182. The van der Waals surface area contributed by atoms with Gasteiger partial charge in [-0.3, -0.25) is 4.79 Å². The van der Waals surface area contributed by atoms with E-state index in [2.05, 4.69) is 4.74 Å². The summed E-state index contributed by atoms with van der Waals surface area (Å²) in [4.78, 5) is 10.9. The van der Waals surface area contributed by atoms with E-state index in [-0.39, 0.29) is 13.0 Å². The van der Waals surface area contributed by atoms with Gasteiger partial charge in [-0.05, 0) is 6.92 Å². The van der Waals surface area contributed by atoms with E-state index in [9.17, 15) is 17.7 Å². The van der Waals surface area contributed by atoms with E-state index in [0.717, 1.165) is 0 Å². The van der Waals surface area contributed by atoms with Crippen molar-refractivity contribution in [1.29, 1.82) is 0 Å². The fourth-order valence-corrected chi connectivity index (χ4v) is 1.23.